The average molecular weight is 210 g/mol. The first-order chi connectivity index (χ1) is 7.34. The van der Waals surface area contributed by atoms with Gasteiger partial charge in [-0.2, -0.15) is 0 Å². The molecule has 2 atom stereocenters. The molecule has 0 bridgehead atoms. The zero-order valence-electron chi connectivity index (χ0n) is 10.1. The van der Waals surface area contributed by atoms with E-state index in [2.05, 4.69) is 17.6 Å². The Morgan fingerprint density at radius 1 is 0.933 bits per heavy atom. The van der Waals surface area contributed by atoms with E-state index in [9.17, 15) is 0 Å². The van der Waals surface area contributed by atoms with Crippen molar-refractivity contribution in [3.63, 3.8) is 0 Å². The van der Waals surface area contributed by atoms with Crippen molar-refractivity contribution in [2.24, 2.45) is 0 Å². The summed E-state index contributed by atoms with van der Waals surface area (Å²) in [6.45, 7) is 3.51. The molecule has 0 spiro atoms. The van der Waals surface area contributed by atoms with Gasteiger partial charge in [-0.1, -0.05) is 25.7 Å². The minimum Gasteiger partial charge on any atom is -0.314 e. The molecule has 1 heterocycles. The van der Waals surface area contributed by atoms with Crippen LogP contribution in [0.2, 0.25) is 0 Å². The molecule has 1 saturated carbocycles. The van der Waals surface area contributed by atoms with Gasteiger partial charge in [0, 0.05) is 18.1 Å². The van der Waals surface area contributed by atoms with Crippen LogP contribution in [0.3, 0.4) is 0 Å². The Balaban J connectivity index is 1.74. The zero-order chi connectivity index (χ0) is 10.5. The van der Waals surface area contributed by atoms with Crippen LogP contribution >= 0.6 is 0 Å². The van der Waals surface area contributed by atoms with Crippen molar-refractivity contribution in [2.45, 2.75) is 76.4 Å². The van der Waals surface area contributed by atoms with Gasteiger partial charge >= 0.3 is 0 Å². The molecule has 2 heteroatoms. The third kappa shape index (κ3) is 3.76. The van der Waals surface area contributed by atoms with Gasteiger partial charge in [0.1, 0.15) is 0 Å². The molecule has 0 amide bonds. The summed E-state index contributed by atoms with van der Waals surface area (Å²) in [7, 11) is 0. The van der Waals surface area contributed by atoms with Crippen LogP contribution < -0.4 is 10.6 Å². The lowest BCUT2D eigenvalue weighted by molar-refractivity contribution is 0.294. The minimum absolute atomic E-state index is 0.710. The molecule has 1 aliphatic carbocycles. The largest absolute Gasteiger partial charge is 0.314 e. The van der Waals surface area contributed by atoms with Crippen LogP contribution in [-0.4, -0.2) is 24.7 Å². The molecule has 2 aliphatic rings. The third-order valence-corrected chi connectivity index (χ3v) is 3.95. The molecular weight excluding hydrogens is 184 g/mol. The summed E-state index contributed by atoms with van der Waals surface area (Å²) in [6, 6.07) is 2.31. The monoisotopic (exact) mass is 210 g/mol. The highest BCUT2D eigenvalue weighted by Crippen LogP contribution is 2.19. The average Bonchev–Trinajstić information content (AvgIpc) is 2.46. The number of piperidine rings is 1. The van der Waals surface area contributed by atoms with Crippen molar-refractivity contribution in [3.05, 3.63) is 0 Å². The van der Waals surface area contributed by atoms with Crippen molar-refractivity contribution in [1.29, 1.82) is 0 Å². The fourth-order valence-corrected chi connectivity index (χ4v) is 3.06. The molecule has 1 saturated heterocycles. The van der Waals surface area contributed by atoms with E-state index in [1.807, 2.05) is 0 Å². The second-order valence-electron chi connectivity index (χ2n) is 5.43. The fraction of sp³-hybridized carbons (Fsp3) is 1.00. The molecule has 1 aliphatic heterocycles. The Kier molecular flexibility index (Phi) is 4.45. The molecule has 88 valence electrons. The Morgan fingerprint density at radius 3 is 2.33 bits per heavy atom. The minimum atomic E-state index is 0.710. The lowest BCUT2D eigenvalue weighted by Gasteiger charge is -2.32. The van der Waals surface area contributed by atoms with Gasteiger partial charge in [-0.15, -0.1) is 0 Å². The second-order valence-corrected chi connectivity index (χ2v) is 5.43. The summed E-state index contributed by atoms with van der Waals surface area (Å²) in [4.78, 5) is 0. The highest BCUT2D eigenvalue weighted by atomic mass is 15.0. The van der Waals surface area contributed by atoms with E-state index in [0.29, 0.717) is 6.04 Å². The topological polar surface area (TPSA) is 24.1 Å². The molecule has 2 N–H and O–H groups in total. The summed E-state index contributed by atoms with van der Waals surface area (Å²) >= 11 is 0. The first-order valence-electron chi connectivity index (χ1n) is 6.84. The molecule has 15 heavy (non-hydrogen) atoms. The fourth-order valence-electron chi connectivity index (χ4n) is 3.06. The van der Waals surface area contributed by atoms with E-state index >= 15 is 0 Å². The quantitative estimate of drug-likeness (QED) is 0.684. The Bertz CT molecular complexity index is 173. The molecule has 2 nitrogen and oxygen atoms in total. The normalized spacial score (nSPS) is 35.0. The summed E-state index contributed by atoms with van der Waals surface area (Å²) in [5.74, 6) is 0. The maximum absolute atomic E-state index is 3.89. The number of nitrogens with one attached hydrogen (secondary N) is 2. The standard InChI is InChI=1S/C13H26N2/c1-11-10-13(8-9-14-11)15-12-6-4-2-3-5-7-12/h11-15H,2-10H2,1H3. The zero-order valence-corrected chi connectivity index (χ0v) is 10.1. The Morgan fingerprint density at radius 2 is 1.67 bits per heavy atom. The highest BCUT2D eigenvalue weighted by Gasteiger charge is 2.21. The highest BCUT2D eigenvalue weighted by molar-refractivity contribution is 4.83. The lowest BCUT2D eigenvalue weighted by Crippen LogP contribution is -2.47. The maximum atomic E-state index is 3.89. The van der Waals surface area contributed by atoms with Gasteiger partial charge in [-0.3, -0.25) is 0 Å². The van der Waals surface area contributed by atoms with Gasteiger partial charge in [-0.05, 0) is 39.2 Å². The SMILES string of the molecule is CC1CC(NC2CCCCCC2)CCN1. The van der Waals surface area contributed by atoms with Gasteiger partial charge < -0.3 is 10.6 Å². The summed E-state index contributed by atoms with van der Waals surface area (Å²) in [6.07, 6.45) is 11.3. The van der Waals surface area contributed by atoms with Crippen LogP contribution in [0.5, 0.6) is 0 Å². The third-order valence-electron chi connectivity index (χ3n) is 3.95. The van der Waals surface area contributed by atoms with Crippen LogP contribution in [-0.2, 0) is 0 Å². The van der Waals surface area contributed by atoms with Crippen molar-refractivity contribution >= 4 is 0 Å². The van der Waals surface area contributed by atoms with Crippen molar-refractivity contribution in [3.8, 4) is 0 Å². The smallest absolute Gasteiger partial charge is 0.00964 e. The number of hydrogen-bond acceptors (Lipinski definition) is 2. The van der Waals surface area contributed by atoms with E-state index in [1.165, 1.54) is 57.9 Å². The Hall–Kier alpha value is -0.0800. The predicted octanol–water partition coefficient (Wildman–Crippen LogP) is 2.44. The van der Waals surface area contributed by atoms with Gasteiger partial charge in [0.15, 0.2) is 0 Å². The summed E-state index contributed by atoms with van der Waals surface area (Å²) in [5.41, 5.74) is 0. The van der Waals surface area contributed by atoms with Gasteiger partial charge in [0.05, 0.1) is 0 Å². The second kappa shape index (κ2) is 5.86. The van der Waals surface area contributed by atoms with Crippen LogP contribution in [0.1, 0.15) is 58.3 Å². The van der Waals surface area contributed by atoms with Crippen LogP contribution in [0, 0.1) is 0 Å². The van der Waals surface area contributed by atoms with Crippen molar-refractivity contribution < 1.29 is 0 Å². The lowest BCUT2D eigenvalue weighted by atomic mass is 9.98. The van der Waals surface area contributed by atoms with Crippen molar-refractivity contribution in [2.75, 3.05) is 6.54 Å². The number of hydrogen-bond donors (Lipinski definition) is 2. The predicted molar refractivity (Wildman–Crippen MR) is 65.1 cm³/mol. The van der Waals surface area contributed by atoms with Gasteiger partial charge in [0.2, 0.25) is 0 Å². The Labute approximate surface area is 94.2 Å². The number of rotatable bonds is 2. The van der Waals surface area contributed by atoms with Gasteiger partial charge in [0.25, 0.3) is 0 Å². The first kappa shape index (κ1) is 11.4. The molecule has 0 aromatic carbocycles. The summed E-state index contributed by atoms with van der Waals surface area (Å²) in [5, 5.41) is 7.41. The van der Waals surface area contributed by atoms with E-state index in [-0.39, 0.29) is 0 Å². The van der Waals surface area contributed by atoms with Crippen molar-refractivity contribution in [1.82, 2.24) is 10.6 Å². The molecule has 2 fully saturated rings. The molecule has 2 unspecified atom stereocenters. The van der Waals surface area contributed by atoms with Crippen LogP contribution in [0.4, 0.5) is 0 Å². The van der Waals surface area contributed by atoms with Gasteiger partial charge in [-0.25, -0.2) is 0 Å². The first-order valence-corrected chi connectivity index (χ1v) is 6.84. The summed E-state index contributed by atoms with van der Waals surface area (Å²) < 4.78 is 0. The van der Waals surface area contributed by atoms with E-state index in [1.54, 1.807) is 0 Å². The van der Waals surface area contributed by atoms with E-state index in [4.69, 9.17) is 0 Å². The molecular formula is C13H26N2. The molecule has 0 radical (unpaired) electrons. The maximum Gasteiger partial charge on any atom is 0.00964 e. The van der Waals surface area contributed by atoms with Crippen LogP contribution in [0.15, 0.2) is 0 Å². The van der Waals surface area contributed by atoms with E-state index in [0.717, 1.165) is 12.1 Å². The van der Waals surface area contributed by atoms with Crippen LogP contribution in [0.25, 0.3) is 0 Å². The molecule has 0 aromatic rings. The molecule has 0 aromatic heterocycles. The van der Waals surface area contributed by atoms with E-state index < -0.39 is 0 Å². The molecule has 2 rings (SSSR count).